The standard InChI is InChI=1S/C12H13NO2/c1-3-9-11(12(14)15)8-5-4-7(2)6-10(8)13-9/h4-6,13H,3H2,1-2H3,(H,14,15). The lowest BCUT2D eigenvalue weighted by molar-refractivity contribution is 0.0698. The molecule has 1 aromatic carbocycles. The van der Waals surface area contributed by atoms with Gasteiger partial charge in [0.1, 0.15) is 0 Å². The van der Waals surface area contributed by atoms with Crippen LogP contribution in [0.25, 0.3) is 10.9 Å². The Morgan fingerprint density at radius 3 is 2.80 bits per heavy atom. The van der Waals surface area contributed by atoms with E-state index in [-0.39, 0.29) is 0 Å². The fraction of sp³-hybridized carbons (Fsp3) is 0.250. The van der Waals surface area contributed by atoms with Gasteiger partial charge in [0.25, 0.3) is 0 Å². The smallest absolute Gasteiger partial charge is 0.338 e. The number of fused-ring (bicyclic) bond motifs is 1. The number of hydrogen-bond acceptors (Lipinski definition) is 1. The highest BCUT2D eigenvalue weighted by atomic mass is 16.4. The summed E-state index contributed by atoms with van der Waals surface area (Å²) in [5.74, 6) is -0.859. The summed E-state index contributed by atoms with van der Waals surface area (Å²) in [5, 5.41) is 9.93. The topological polar surface area (TPSA) is 53.1 Å². The minimum absolute atomic E-state index is 0.410. The van der Waals surface area contributed by atoms with Crippen molar-refractivity contribution in [3.05, 3.63) is 35.0 Å². The molecular formula is C12H13NO2. The Hall–Kier alpha value is -1.77. The van der Waals surface area contributed by atoms with Crippen LogP contribution in [-0.4, -0.2) is 16.1 Å². The Labute approximate surface area is 87.7 Å². The van der Waals surface area contributed by atoms with Gasteiger partial charge in [0.05, 0.1) is 5.56 Å². The molecule has 78 valence electrons. The number of rotatable bonds is 2. The number of aryl methyl sites for hydroxylation is 2. The van der Waals surface area contributed by atoms with Crippen LogP contribution in [-0.2, 0) is 6.42 Å². The number of nitrogens with one attached hydrogen (secondary N) is 1. The molecule has 3 heteroatoms. The molecule has 0 aliphatic carbocycles. The molecule has 0 unspecified atom stereocenters. The van der Waals surface area contributed by atoms with Gasteiger partial charge >= 0.3 is 5.97 Å². The lowest BCUT2D eigenvalue weighted by Crippen LogP contribution is -1.99. The lowest BCUT2D eigenvalue weighted by Gasteiger charge is -1.95. The van der Waals surface area contributed by atoms with Gasteiger partial charge in [0, 0.05) is 16.6 Å². The van der Waals surface area contributed by atoms with Crippen LogP contribution in [0.5, 0.6) is 0 Å². The van der Waals surface area contributed by atoms with Crippen molar-refractivity contribution in [1.29, 1.82) is 0 Å². The van der Waals surface area contributed by atoms with E-state index >= 15 is 0 Å². The molecule has 0 aliphatic heterocycles. The molecule has 0 radical (unpaired) electrons. The lowest BCUT2D eigenvalue weighted by atomic mass is 10.1. The highest BCUT2D eigenvalue weighted by molar-refractivity contribution is 6.04. The van der Waals surface area contributed by atoms with E-state index < -0.39 is 5.97 Å². The number of carboxylic acid groups (broad SMARTS) is 1. The Morgan fingerprint density at radius 2 is 2.20 bits per heavy atom. The molecule has 0 fully saturated rings. The first-order chi connectivity index (χ1) is 7.13. The fourth-order valence-electron chi connectivity index (χ4n) is 1.88. The molecule has 1 aromatic heterocycles. The van der Waals surface area contributed by atoms with Gasteiger partial charge in [0.2, 0.25) is 0 Å². The van der Waals surface area contributed by atoms with E-state index in [0.29, 0.717) is 12.0 Å². The Bertz CT molecular complexity index is 526. The predicted molar refractivity (Wildman–Crippen MR) is 59.4 cm³/mol. The van der Waals surface area contributed by atoms with Gasteiger partial charge in [-0.1, -0.05) is 19.1 Å². The van der Waals surface area contributed by atoms with Crippen molar-refractivity contribution in [3.8, 4) is 0 Å². The molecule has 0 aliphatic rings. The zero-order valence-electron chi connectivity index (χ0n) is 8.79. The number of benzene rings is 1. The average molecular weight is 203 g/mol. The van der Waals surface area contributed by atoms with Gasteiger partial charge in [-0.25, -0.2) is 4.79 Å². The number of aromatic carboxylic acids is 1. The van der Waals surface area contributed by atoms with Gasteiger partial charge in [0.15, 0.2) is 0 Å². The maximum atomic E-state index is 11.1. The minimum atomic E-state index is -0.859. The number of hydrogen-bond donors (Lipinski definition) is 2. The quantitative estimate of drug-likeness (QED) is 0.788. The number of aromatic amines is 1. The largest absolute Gasteiger partial charge is 0.478 e. The highest BCUT2D eigenvalue weighted by Crippen LogP contribution is 2.23. The van der Waals surface area contributed by atoms with E-state index in [2.05, 4.69) is 4.98 Å². The van der Waals surface area contributed by atoms with E-state index in [1.807, 2.05) is 32.0 Å². The van der Waals surface area contributed by atoms with Crippen LogP contribution in [0.3, 0.4) is 0 Å². The Kier molecular flexibility index (Phi) is 2.23. The second-order valence-electron chi connectivity index (χ2n) is 3.69. The predicted octanol–water partition coefficient (Wildman–Crippen LogP) is 2.74. The van der Waals surface area contributed by atoms with E-state index in [1.165, 1.54) is 0 Å². The summed E-state index contributed by atoms with van der Waals surface area (Å²) in [5.41, 5.74) is 3.24. The van der Waals surface area contributed by atoms with Crippen LogP contribution < -0.4 is 0 Å². The first kappa shape index (κ1) is 9.77. The monoisotopic (exact) mass is 203 g/mol. The van der Waals surface area contributed by atoms with Crippen molar-refractivity contribution >= 4 is 16.9 Å². The fourth-order valence-corrected chi connectivity index (χ4v) is 1.88. The summed E-state index contributed by atoms with van der Waals surface area (Å²) in [6, 6.07) is 5.77. The third-order valence-electron chi connectivity index (χ3n) is 2.60. The van der Waals surface area contributed by atoms with Crippen molar-refractivity contribution in [3.63, 3.8) is 0 Å². The Morgan fingerprint density at radius 1 is 1.47 bits per heavy atom. The summed E-state index contributed by atoms with van der Waals surface area (Å²) in [4.78, 5) is 14.3. The molecular weight excluding hydrogens is 190 g/mol. The molecule has 0 atom stereocenters. The van der Waals surface area contributed by atoms with Crippen molar-refractivity contribution in [2.24, 2.45) is 0 Å². The van der Waals surface area contributed by atoms with E-state index in [0.717, 1.165) is 22.2 Å². The zero-order chi connectivity index (χ0) is 11.0. The number of carbonyl (C=O) groups is 1. The Balaban J connectivity index is 2.80. The van der Waals surface area contributed by atoms with Crippen molar-refractivity contribution in [2.75, 3.05) is 0 Å². The van der Waals surface area contributed by atoms with Crippen LogP contribution in [0.15, 0.2) is 18.2 Å². The van der Waals surface area contributed by atoms with Gasteiger partial charge in [-0.05, 0) is 25.0 Å². The molecule has 2 rings (SSSR count). The normalized spacial score (nSPS) is 10.8. The first-order valence-electron chi connectivity index (χ1n) is 4.98. The molecule has 0 spiro atoms. The summed E-state index contributed by atoms with van der Waals surface area (Å²) >= 11 is 0. The van der Waals surface area contributed by atoms with Gasteiger partial charge in [-0.15, -0.1) is 0 Å². The van der Waals surface area contributed by atoms with Gasteiger partial charge in [-0.2, -0.15) is 0 Å². The molecule has 15 heavy (non-hydrogen) atoms. The molecule has 3 nitrogen and oxygen atoms in total. The summed E-state index contributed by atoms with van der Waals surface area (Å²) in [7, 11) is 0. The number of H-pyrrole nitrogens is 1. The van der Waals surface area contributed by atoms with Crippen LogP contribution in [0.1, 0.15) is 28.5 Å². The van der Waals surface area contributed by atoms with E-state index in [1.54, 1.807) is 0 Å². The second-order valence-corrected chi connectivity index (χ2v) is 3.69. The highest BCUT2D eigenvalue weighted by Gasteiger charge is 2.15. The first-order valence-corrected chi connectivity index (χ1v) is 4.98. The molecule has 0 bridgehead atoms. The zero-order valence-corrected chi connectivity index (χ0v) is 8.79. The van der Waals surface area contributed by atoms with Gasteiger partial charge < -0.3 is 10.1 Å². The summed E-state index contributed by atoms with van der Waals surface area (Å²) < 4.78 is 0. The van der Waals surface area contributed by atoms with Gasteiger partial charge in [-0.3, -0.25) is 0 Å². The maximum Gasteiger partial charge on any atom is 0.338 e. The molecule has 2 aromatic rings. The third-order valence-corrected chi connectivity index (χ3v) is 2.60. The summed E-state index contributed by atoms with van der Waals surface area (Å²) in [6.45, 7) is 3.94. The van der Waals surface area contributed by atoms with Crippen LogP contribution in [0, 0.1) is 6.92 Å². The average Bonchev–Trinajstić information content (AvgIpc) is 2.54. The SMILES string of the molecule is CCc1[nH]c2cc(C)ccc2c1C(=O)O. The van der Waals surface area contributed by atoms with Crippen LogP contribution in [0.2, 0.25) is 0 Å². The molecule has 0 saturated carbocycles. The minimum Gasteiger partial charge on any atom is -0.478 e. The van der Waals surface area contributed by atoms with Crippen LogP contribution in [0.4, 0.5) is 0 Å². The molecule has 0 saturated heterocycles. The van der Waals surface area contributed by atoms with Crippen molar-refractivity contribution in [1.82, 2.24) is 4.98 Å². The van der Waals surface area contributed by atoms with Crippen molar-refractivity contribution < 1.29 is 9.90 Å². The molecule has 1 heterocycles. The second kappa shape index (κ2) is 3.42. The van der Waals surface area contributed by atoms with E-state index in [4.69, 9.17) is 5.11 Å². The van der Waals surface area contributed by atoms with Crippen LogP contribution >= 0.6 is 0 Å². The molecule has 2 N–H and O–H groups in total. The van der Waals surface area contributed by atoms with Crippen molar-refractivity contribution in [2.45, 2.75) is 20.3 Å². The number of aromatic nitrogens is 1. The maximum absolute atomic E-state index is 11.1. The third kappa shape index (κ3) is 1.50. The number of carboxylic acids is 1. The summed E-state index contributed by atoms with van der Waals surface area (Å²) in [6.07, 6.45) is 0.704. The molecule has 0 amide bonds. The van der Waals surface area contributed by atoms with E-state index in [9.17, 15) is 4.79 Å².